The van der Waals surface area contributed by atoms with Crippen molar-refractivity contribution in [3.63, 3.8) is 0 Å². The van der Waals surface area contributed by atoms with Gasteiger partial charge in [-0.05, 0) is 33.0 Å². The summed E-state index contributed by atoms with van der Waals surface area (Å²) in [6.07, 6.45) is 1.69. The fourth-order valence-electron chi connectivity index (χ4n) is 2.45. The molecule has 1 aromatic rings. The summed E-state index contributed by atoms with van der Waals surface area (Å²) >= 11 is 0. The minimum absolute atomic E-state index is 0.0992. The Morgan fingerprint density at radius 3 is 3.00 bits per heavy atom. The zero-order valence-corrected chi connectivity index (χ0v) is 11.9. The molecule has 2 heterocycles. The normalized spacial score (nSPS) is 20.4. The fraction of sp³-hybridized carbons (Fsp3) is 0.571. The highest BCUT2D eigenvalue weighted by Crippen LogP contribution is 2.14. The Balaban J connectivity index is 2.12. The number of aromatic nitrogens is 1. The van der Waals surface area contributed by atoms with Crippen LogP contribution in [0, 0.1) is 0 Å². The average Bonchev–Trinajstić information content (AvgIpc) is 2.39. The standard InChI is InChI=1S/C14H22N4O/c1-4-15-13-9-12(5-6-16-13)14(19)18-8-7-17(3)10-11(18)2/h5-6,9,11H,4,7-8,10H2,1-3H3,(H,15,16). The Hall–Kier alpha value is -1.62. The number of nitrogens with one attached hydrogen (secondary N) is 1. The van der Waals surface area contributed by atoms with E-state index in [0.717, 1.165) is 32.0 Å². The third kappa shape index (κ3) is 3.23. The molecule has 19 heavy (non-hydrogen) atoms. The molecule has 1 fully saturated rings. The van der Waals surface area contributed by atoms with Crippen LogP contribution >= 0.6 is 0 Å². The van der Waals surface area contributed by atoms with Gasteiger partial charge in [0.1, 0.15) is 5.82 Å². The van der Waals surface area contributed by atoms with Gasteiger partial charge in [0.05, 0.1) is 0 Å². The average molecular weight is 262 g/mol. The van der Waals surface area contributed by atoms with Gasteiger partial charge in [-0.1, -0.05) is 0 Å². The topological polar surface area (TPSA) is 48.5 Å². The lowest BCUT2D eigenvalue weighted by Crippen LogP contribution is -2.52. The summed E-state index contributed by atoms with van der Waals surface area (Å²) in [5.41, 5.74) is 0.711. The predicted octanol–water partition coefficient (Wildman–Crippen LogP) is 1.29. The second kappa shape index (κ2) is 6.02. The van der Waals surface area contributed by atoms with Gasteiger partial charge in [0, 0.05) is 44.0 Å². The number of pyridine rings is 1. The van der Waals surface area contributed by atoms with Gasteiger partial charge in [-0.3, -0.25) is 4.79 Å². The van der Waals surface area contributed by atoms with Gasteiger partial charge in [0.25, 0.3) is 5.91 Å². The van der Waals surface area contributed by atoms with Crippen LogP contribution in [-0.2, 0) is 0 Å². The Morgan fingerprint density at radius 2 is 2.32 bits per heavy atom. The lowest BCUT2D eigenvalue weighted by Gasteiger charge is -2.38. The zero-order chi connectivity index (χ0) is 13.8. The lowest BCUT2D eigenvalue weighted by molar-refractivity contribution is 0.0533. The Kier molecular flexibility index (Phi) is 4.37. The number of amides is 1. The largest absolute Gasteiger partial charge is 0.370 e. The van der Waals surface area contributed by atoms with Gasteiger partial charge in [0.15, 0.2) is 0 Å². The molecule has 0 radical (unpaired) electrons. The number of anilines is 1. The highest BCUT2D eigenvalue weighted by Gasteiger charge is 2.26. The first-order chi connectivity index (χ1) is 9.11. The van der Waals surface area contributed by atoms with Crippen molar-refractivity contribution < 1.29 is 4.79 Å². The molecule has 0 aromatic carbocycles. The highest BCUT2D eigenvalue weighted by atomic mass is 16.2. The van der Waals surface area contributed by atoms with Crippen LogP contribution in [0.4, 0.5) is 5.82 Å². The summed E-state index contributed by atoms with van der Waals surface area (Å²) in [4.78, 5) is 20.9. The van der Waals surface area contributed by atoms with E-state index in [2.05, 4.69) is 29.2 Å². The van der Waals surface area contributed by atoms with Crippen LogP contribution in [0.3, 0.4) is 0 Å². The van der Waals surface area contributed by atoms with Crippen molar-refractivity contribution in [2.45, 2.75) is 19.9 Å². The number of rotatable bonds is 3. The molecule has 5 nitrogen and oxygen atoms in total. The molecule has 1 unspecified atom stereocenters. The highest BCUT2D eigenvalue weighted by molar-refractivity contribution is 5.95. The molecule has 104 valence electrons. The first kappa shape index (κ1) is 13.8. The maximum atomic E-state index is 12.5. The van der Waals surface area contributed by atoms with Crippen molar-refractivity contribution in [3.05, 3.63) is 23.9 Å². The van der Waals surface area contributed by atoms with Crippen molar-refractivity contribution in [2.24, 2.45) is 0 Å². The van der Waals surface area contributed by atoms with E-state index in [-0.39, 0.29) is 11.9 Å². The molecule has 1 amide bonds. The maximum Gasteiger partial charge on any atom is 0.254 e. The summed E-state index contributed by atoms with van der Waals surface area (Å²) in [6.45, 7) is 7.56. The molecule has 1 N–H and O–H groups in total. The number of piperazine rings is 1. The van der Waals surface area contributed by atoms with Crippen molar-refractivity contribution in [3.8, 4) is 0 Å². The van der Waals surface area contributed by atoms with Crippen molar-refractivity contribution in [1.82, 2.24) is 14.8 Å². The molecule has 0 spiro atoms. The first-order valence-corrected chi connectivity index (χ1v) is 6.81. The van der Waals surface area contributed by atoms with Gasteiger partial charge in [-0.15, -0.1) is 0 Å². The van der Waals surface area contributed by atoms with Crippen LogP contribution in [-0.4, -0.2) is 60.0 Å². The molecule has 0 saturated carbocycles. The number of nitrogens with zero attached hydrogens (tertiary/aromatic N) is 3. The summed E-state index contributed by atoms with van der Waals surface area (Å²) in [7, 11) is 2.09. The van der Waals surface area contributed by atoms with E-state index >= 15 is 0 Å². The van der Waals surface area contributed by atoms with Crippen molar-refractivity contribution in [2.75, 3.05) is 38.5 Å². The number of hydrogen-bond acceptors (Lipinski definition) is 4. The van der Waals surface area contributed by atoms with Gasteiger partial charge in [-0.2, -0.15) is 0 Å². The third-order valence-corrected chi connectivity index (χ3v) is 3.46. The van der Waals surface area contributed by atoms with E-state index in [1.165, 1.54) is 0 Å². The molecule has 2 rings (SSSR count). The molecule has 1 aromatic heterocycles. The van der Waals surface area contributed by atoms with Gasteiger partial charge in [-0.25, -0.2) is 4.98 Å². The Morgan fingerprint density at radius 1 is 1.53 bits per heavy atom. The number of carbonyl (C=O) groups is 1. The van der Waals surface area contributed by atoms with Crippen LogP contribution in [0.2, 0.25) is 0 Å². The Labute approximate surface area is 114 Å². The predicted molar refractivity (Wildman–Crippen MR) is 76.4 cm³/mol. The van der Waals surface area contributed by atoms with Gasteiger partial charge < -0.3 is 15.1 Å². The smallest absolute Gasteiger partial charge is 0.254 e. The molecule has 1 saturated heterocycles. The van der Waals surface area contributed by atoms with Crippen LogP contribution in [0.15, 0.2) is 18.3 Å². The third-order valence-electron chi connectivity index (χ3n) is 3.46. The van der Waals surface area contributed by atoms with E-state index < -0.39 is 0 Å². The maximum absolute atomic E-state index is 12.5. The molecule has 1 atom stereocenters. The number of hydrogen-bond donors (Lipinski definition) is 1. The van der Waals surface area contributed by atoms with Crippen LogP contribution < -0.4 is 5.32 Å². The molecule has 0 aliphatic carbocycles. The van der Waals surface area contributed by atoms with E-state index in [4.69, 9.17) is 0 Å². The minimum atomic E-state index is 0.0992. The zero-order valence-electron chi connectivity index (χ0n) is 11.9. The van der Waals surface area contributed by atoms with E-state index in [1.807, 2.05) is 17.9 Å². The second-order valence-corrected chi connectivity index (χ2v) is 5.07. The fourth-order valence-corrected chi connectivity index (χ4v) is 2.45. The van der Waals surface area contributed by atoms with Crippen LogP contribution in [0.5, 0.6) is 0 Å². The van der Waals surface area contributed by atoms with Crippen LogP contribution in [0.1, 0.15) is 24.2 Å². The first-order valence-electron chi connectivity index (χ1n) is 6.81. The quantitative estimate of drug-likeness (QED) is 0.891. The van der Waals surface area contributed by atoms with E-state index in [9.17, 15) is 4.79 Å². The lowest BCUT2D eigenvalue weighted by atomic mass is 10.1. The molecule has 5 heteroatoms. The van der Waals surface area contributed by atoms with E-state index in [1.54, 1.807) is 12.3 Å². The number of carbonyl (C=O) groups excluding carboxylic acids is 1. The van der Waals surface area contributed by atoms with Gasteiger partial charge >= 0.3 is 0 Å². The summed E-state index contributed by atoms with van der Waals surface area (Å²) < 4.78 is 0. The molecular formula is C14H22N4O. The monoisotopic (exact) mass is 262 g/mol. The molecule has 0 bridgehead atoms. The van der Waals surface area contributed by atoms with Gasteiger partial charge in [0.2, 0.25) is 0 Å². The summed E-state index contributed by atoms with van der Waals surface area (Å²) in [6, 6.07) is 3.87. The second-order valence-electron chi connectivity index (χ2n) is 5.07. The molecular weight excluding hydrogens is 240 g/mol. The minimum Gasteiger partial charge on any atom is -0.370 e. The van der Waals surface area contributed by atoms with Crippen molar-refractivity contribution in [1.29, 1.82) is 0 Å². The molecule has 1 aliphatic heterocycles. The summed E-state index contributed by atoms with van der Waals surface area (Å²) in [5.74, 6) is 0.859. The number of likely N-dealkylation sites (N-methyl/N-ethyl adjacent to an activating group) is 1. The van der Waals surface area contributed by atoms with Crippen molar-refractivity contribution >= 4 is 11.7 Å². The molecule has 1 aliphatic rings. The van der Waals surface area contributed by atoms with E-state index in [0.29, 0.717) is 5.56 Å². The van der Waals surface area contributed by atoms with Crippen LogP contribution in [0.25, 0.3) is 0 Å². The Bertz CT molecular complexity index is 449. The summed E-state index contributed by atoms with van der Waals surface area (Å²) in [5, 5.41) is 3.13. The SMILES string of the molecule is CCNc1cc(C(=O)N2CCN(C)CC2C)ccn1.